The highest BCUT2D eigenvalue weighted by atomic mass is 32.2. The van der Waals surface area contributed by atoms with Crippen LogP contribution in [0.1, 0.15) is 24.0 Å². The Morgan fingerprint density at radius 3 is 2.72 bits per heavy atom. The SMILES string of the molecule is C(=C1CNCS1)c1ccc2ncnc(N3CCC(Cc4ccccc4)CC3)c2c1. The second-order valence-electron chi connectivity index (χ2n) is 7.92. The van der Waals surface area contributed by atoms with Crippen molar-refractivity contribution in [3.05, 3.63) is 70.9 Å². The van der Waals surface area contributed by atoms with E-state index in [9.17, 15) is 0 Å². The molecule has 4 nitrogen and oxygen atoms in total. The van der Waals surface area contributed by atoms with E-state index in [1.165, 1.54) is 40.7 Å². The van der Waals surface area contributed by atoms with Gasteiger partial charge in [-0.1, -0.05) is 36.4 Å². The molecule has 3 heterocycles. The Bertz CT molecular complexity index is 1000. The summed E-state index contributed by atoms with van der Waals surface area (Å²) in [5, 5.41) is 4.54. The van der Waals surface area contributed by atoms with Crippen molar-refractivity contribution in [1.82, 2.24) is 15.3 Å². The maximum absolute atomic E-state index is 4.69. The third-order valence-electron chi connectivity index (χ3n) is 5.91. The predicted molar refractivity (Wildman–Crippen MR) is 123 cm³/mol. The normalized spacial score (nSPS) is 19.3. The van der Waals surface area contributed by atoms with Gasteiger partial charge < -0.3 is 10.2 Å². The van der Waals surface area contributed by atoms with Gasteiger partial charge in [0, 0.05) is 35.8 Å². The Morgan fingerprint density at radius 1 is 1.07 bits per heavy atom. The van der Waals surface area contributed by atoms with Crippen molar-refractivity contribution in [2.45, 2.75) is 19.3 Å². The van der Waals surface area contributed by atoms with E-state index in [-0.39, 0.29) is 0 Å². The molecule has 2 saturated heterocycles. The molecule has 5 rings (SSSR count). The maximum atomic E-state index is 4.69. The molecule has 2 fully saturated rings. The Labute approximate surface area is 176 Å². The number of hydrogen-bond donors (Lipinski definition) is 1. The second kappa shape index (κ2) is 8.56. The van der Waals surface area contributed by atoms with E-state index < -0.39 is 0 Å². The standard InChI is InChI=1S/C24H26N4S/c1-2-4-18(5-3-1)12-19-8-10-28(11-9-19)24-22-14-20(13-21-15-25-17-29-21)6-7-23(22)26-16-27-24/h1-7,13-14,16,19,25H,8-12,15,17H2. The lowest BCUT2D eigenvalue weighted by atomic mass is 9.90. The van der Waals surface area contributed by atoms with Gasteiger partial charge in [0.2, 0.25) is 0 Å². The van der Waals surface area contributed by atoms with E-state index in [0.29, 0.717) is 0 Å². The fraction of sp³-hybridized carbons (Fsp3) is 0.333. The van der Waals surface area contributed by atoms with Crippen molar-refractivity contribution in [3.8, 4) is 0 Å². The van der Waals surface area contributed by atoms with Gasteiger partial charge in [-0.15, -0.1) is 11.8 Å². The number of thioether (sulfide) groups is 1. The summed E-state index contributed by atoms with van der Waals surface area (Å²) in [5.74, 6) is 2.85. The number of fused-ring (bicyclic) bond motifs is 1. The quantitative estimate of drug-likeness (QED) is 0.684. The van der Waals surface area contributed by atoms with E-state index in [2.05, 4.69) is 74.8 Å². The molecule has 5 heteroatoms. The first-order chi connectivity index (χ1) is 14.3. The minimum atomic E-state index is 0.758. The highest BCUT2D eigenvalue weighted by Crippen LogP contribution is 2.30. The highest BCUT2D eigenvalue weighted by Gasteiger charge is 2.22. The Kier molecular flexibility index (Phi) is 5.50. The van der Waals surface area contributed by atoms with Crippen LogP contribution in [0.2, 0.25) is 0 Å². The lowest BCUT2D eigenvalue weighted by Gasteiger charge is -2.33. The van der Waals surface area contributed by atoms with E-state index in [4.69, 9.17) is 0 Å². The average Bonchev–Trinajstić information content (AvgIpc) is 3.28. The van der Waals surface area contributed by atoms with Crippen LogP contribution < -0.4 is 10.2 Å². The molecule has 2 aromatic carbocycles. The van der Waals surface area contributed by atoms with Gasteiger partial charge in [-0.2, -0.15) is 0 Å². The summed E-state index contributed by atoms with van der Waals surface area (Å²) < 4.78 is 0. The molecule has 0 amide bonds. The maximum Gasteiger partial charge on any atom is 0.139 e. The number of rotatable bonds is 4. The van der Waals surface area contributed by atoms with Crippen molar-refractivity contribution < 1.29 is 0 Å². The fourth-order valence-electron chi connectivity index (χ4n) is 4.35. The minimum absolute atomic E-state index is 0.758. The number of nitrogens with one attached hydrogen (secondary N) is 1. The van der Waals surface area contributed by atoms with Crippen LogP contribution >= 0.6 is 11.8 Å². The van der Waals surface area contributed by atoms with Crippen molar-refractivity contribution in [2.75, 3.05) is 30.4 Å². The van der Waals surface area contributed by atoms with Gasteiger partial charge in [0.1, 0.15) is 12.1 Å². The van der Waals surface area contributed by atoms with Gasteiger partial charge in [0.05, 0.1) is 5.52 Å². The van der Waals surface area contributed by atoms with Crippen molar-refractivity contribution >= 4 is 34.6 Å². The summed E-state index contributed by atoms with van der Waals surface area (Å²) in [6.45, 7) is 3.10. The second-order valence-corrected chi connectivity index (χ2v) is 9.02. The first kappa shape index (κ1) is 18.6. The van der Waals surface area contributed by atoms with E-state index in [1.807, 2.05) is 11.8 Å². The van der Waals surface area contributed by atoms with Crippen LogP contribution in [-0.4, -0.2) is 35.5 Å². The zero-order valence-corrected chi connectivity index (χ0v) is 17.4. The summed E-state index contributed by atoms with van der Waals surface area (Å²) in [7, 11) is 0. The van der Waals surface area contributed by atoms with Gasteiger partial charge in [-0.05, 0) is 54.5 Å². The topological polar surface area (TPSA) is 41.1 Å². The molecule has 1 N–H and O–H groups in total. The van der Waals surface area contributed by atoms with Gasteiger partial charge in [0.15, 0.2) is 0 Å². The molecule has 0 radical (unpaired) electrons. The summed E-state index contributed by atoms with van der Waals surface area (Å²) in [6.07, 6.45) is 7.61. The zero-order chi connectivity index (χ0) is 19.5. The van der Waals surface area contributed by atoms with Crippen LogP contribution in [0.15, 0.2) is 59.8 Å². The van der Waals surface area contributed by atoms with Crippen molar-refractivity contribution in [1.29, 1.82) is 0 Å². The van der Waals surface area contributed by atoms with Crippen molar-refractivity contribution in [2.24, 2.45) is 5.92 Å². The number of aromatic nitrogens is 2. The Balaban J connectivity index is 1.34. The molecule has 3 aromatic rings. The zero-order valence-electron chi connectivity index (χ0n) is 16.6. The van der Waals surface area contributed by atoms with E-state index in [1.54, 1.807) is 6.33 Å². The molecule has 1 aromatic heterocycles. The first-order valence-electron chi connectivity index (χ1n) is 10.4. The monoisotopic (exact) mass is 402 g/mol. The third kappa shape index (κ3) is 4.31. The number of benzene rings is 2. The molecule has 0 bridgehead atoms. The van der Waals surface area contributed by atoms with Crippen LogP contribution in [0.5, 0.6) is 0 Å². The lowest BCUT2D eigenvalue weighted by molar-refractivity contribution is 0.402. The minimum Gasteiger partial charge on any atom is -0.356 e. The molecule has 2 aliphatic rings. The van der Waals surface area contributed by atoms with Gasteiger partial charge in [0.25, 0.3) is 0 Å². The van der Waals surface area contributed by atoms with E-state index >= 15 is 0 Å². The Hall–Kier alpha value is -2.37. The van der Waals surface area contributed by atoms with Crippen LogP contribution in [0, 0.1) is 5.92 Å². The molecule has 29 heavy (non-hydrogen) atoms. The fourth-order valence-corrected chi connectivity index (χ4v) is 5.16. The molecule has 0 aliphatic carbocycles. The number of hydrogen-bond acceptors (Lipinski definition) is 5. The highest BCUT2D eigenvalue weighted by molar-refractivity contribution is 8.03. The summed E-state index contributed by atoms with van der Waals surface area (Å²) >= 11 is 1.88. The number of piperidine rings is 1. The molecular weight excluding hydrogens is 376 g/mol. The third-order valence-corrected chi connectivity index (χ3v) is 6.89. The molecule has 148 valence electrons. The number of nitrogens with zero attached hydrogens (tertiary/aromatic N) is 3. The average molecular weight is 403 g/mol. The van der Waals surface area contributed by atoms with Crippen molar-refractivity contribution in [3.63, 3.8) is 0 Å². The molecule has 0 saturated carbocycles. The van der Waals surface area contributed by atoms with Crippen LogP contribution in [0.25, 0.3) is 17.0 Å². The summed E-state index contributed by atoms with van der Waals surface area (Å²) in [4.78, 5) is 13.0. The summed E-state index contributed by atoms with van der Waals surface area (Å²) in [6, 6.07) is 17.4. The van der Waals surface area contributed by atoms with Crippen LogP contribution in [0.3, 0.4) is 0 Å². The predicted octanol–water partition coefficient (Wildman–Crippen LogP) is 4.72. The van der Waals surface area contributed by atoms with Gasteiger partial charge in [-0.3, -0.25) is 0 Å². The first-order valence-corrected chi connectivity index (χ1v) is 11.4. The van der Waals surface area contributed by atoms with Gasteiger partial charge >= 0.3 is 0 Å². The lowest BCUT2D eigenvalue weighted by Crippen LogP contribution is -2.35. The molecule has 0 atom stereocenters. The smallest absolute Gasteiger partial charge is 0.139 e. The molecule has 0 spiro atoms. The number of anilines is 1. The Morgan fingerprint density at radius 2 is 1.93 bits per heavy atom. The molecule has 2 aliphatic heterocycles. The largest absolute Gasteiger partial charge is 0.356 e. The van der Waals surface area contributed by atoms with Crippen LogP contribution in [0.4, 0.5) is 5.82 Å². The van der Waals surface area contributed by atoms with Gasteiger partial charge in [-0.25, -0.2) is 9.97 Å². The molecular formula is C24H26N4S. The molecule has 0 unspecified atom stereocenters. The van der Waals surface area contributed by atoms with Crippen LogP contribution in [-0.2, 0) is 6.42 Å². The summed E-state index contributed by atoms with van der Waals surface area (Å²) in [5.41, 5.74) is 3.72. The van der Waals surface area contributed by atoms with E-state index in [0.717, 1.165) is 42.8 Å².